The first-order valence-corrected chi connectivity index (χ1v) is 7.82. The summed E-state index contributed by atoms with van der Waals surface area (Å²) in [5.74, 6) is 0. The minimum absolute atomic E-state index is 0.404. The standard InChI is InChI=1S/C16H15BrN2S/c17-12-5-7-14(16(18)20)15(9-12)19-13-6-4-10-2-1-3-11(10)8-13/h4-9,19H,1-3H2,(H2,18,20). The molecule has 0 unspecified atom stereocenters. The second-order valence-corrected chi connectivity index (χ2v) is 6.37. The van der Waals surface area contributed by atoms with E-state index in [1.54, 1.807) is 0 Å². The molecule has 0 amide bonds. The first-order chi connectivity index (χ1) is 9.63. The van der Waals surface area contributed by atoms with E-state index in [9.17, 15) is 0 Å². The Morgan fingerprint density at radius 3 is 2.70 bits per heavy atom. The molecule has 0 bridgehead atoms. The highest BCUT2D eigenvalue weighted by atomic mass is 79.9. The Morgan fingerprint density at radius 1 is 1.10 bits per heavy atom. The molecule has 3 rings (SSSR count). The van der Waals surface area contributed by atoms with Gasteiger partial charge in [0.2, 0.25) is 0 Å². The molecule has 0 radical (unpaired) electrons. The largest absolute Gasteiger partial charge is 0.389 e. The maximum absolute atomic E-state index is 5.78. The Hall–Kier alpha value is -1.39. The van der Waals surface area contributed by atoms with Gasteiger partial charge in [-0.25, -0.2) is 0 Å². The lowest BCUT2D eigenvalue weighted by Crippen LogP contribution is -2.11. The normalized spacial score (nSPS) is 13.1. The molecule has 4 heteroatoms. The Labute approximate surface area is 132 Å². The summed E-state index contributed by atoms with van der Waals surface area (Å²) in [4.78, 5) is 0.404. The van der Waals surface area contributed by atoms with Crippen LogP contribution in [0.1, 0.15) is 23.1 Å². The molecule has 0 saturated heterocycles. The van der Waals surface area contributed by atoms with Gasteiger partial charge in [-0.3, -0.25) is 0 Å². The molecule has 0 heterocycles. The van der Waals surface area contributed by atoms with Gasteiger partial charge < -0.3 is 11.1 Å². The topological polar surface area (TPSA) is 38.0 Å². The number of rotatable bonds is 3. The minimum atomic E-state index is 0.404. The predicted octanol–water partition coefficient (Wildman–Crippen LogP) is 4.32. The van der Waals surface area contributed by atoms with Crippen molar-refractivity contribution in [2.24, 2.45) is 5.73 Å². The fourth-order valence-corrected chi connectivity index (χ4v) is 3.18. The third-order valence-electron chi connectivity index (χ3n) is 3.62. The molecule has 1 aliphatic rings. The zero-order chi connectivity index (χ0) is 14.1. The molecule has 0 fully saturated rings. The highest BCUT2D eigenvalue weighted by Gasteiger charge is 2.12. The second-order valence-electron chi connectivity index (χ2n) is 5.02. The molecular formula is C16H15BrN2S. The Morgan fingerprint density at radius 2 is 1.90 bits per heavy atom. The molecule has 0 atom stereocenters. The molecule has 0 saturated carbocycles. The molecule has 102 valence electrons. The van der Waals surface area contributed by atoms with Gasteiger partial charge in [-0.1, -0.05) is 34.2 Å². The number of hydrogen-bond acceptors (Lipinski definition) is 2. The molecular weight excluding hydrogens is 332 g/mol. The van der Waals surface area contributed by atoms with Gasteiger partial charge in [0.25, 0.3) is 0 Å². The third-order valence-corrected chi connectivity index (χ3v) is 4.34. The summed E-state index contributed by atoms with van der Waals surface area (Å²) in [7, 11) is 0. The van der Waals surface area contributed by atoms with Gasteiger partial charge in [-0.05, 0) is 60.7 Å². The average Bonchev–Trinajstić information content (AvgIpc) is 2.85. The number of anilines is 2. The van der Waals surface area contributed by atoms with Crippen molar-refractivity contribution in [1.82, 2.24) is 0 Å². The Kier molecular flexibility index (Phi) is 3.76. The van der Waals surface area contributed by atoms with E-state index in [-0.39, 0.29) is 0 Å². The van der Waals surface area contributed by atoms with Crippen molar-refractivity contribution in [3.05, 3.63) is 57.6 Å². The van der Waals surface area contributed by atoms with Crippen molar-refractivity contribution in [2.45, 2.75) is 19.3 Å². The summed E-state index contributed by atoms with van der Waals surface area (Å²) in [6.45, 7) is 0. The van der Waals surface area contributed by atoms with Crippen LogP contribution in [0, 0.1) is 0 Å². The van der Waals surface area contributed by atoms with E-state index < -0.39 is 0 Å². The van der Waals surface area contributed by atoms with Crippen molar-refractivity contribution >= 4 is 44.5 Å². The third kappa shape index (κ3) is 2.72. The monoisotopic (exact) mass is 346 g/mol. The van der Waals surface area contributed by atoms with Crippen molar-refractivity contribution in [1.29, 1.82) is 0 Å². The van der Waals surface area contributed by atoms with Gasteiger partial charge in [0.05, 0.1) is 0 Å². The number of benzene rings is 2. The van der Waals surface area contributed by atoms with Gasteiger partial charge in [-0.2, -0.15) is 0 Å². The lowest BCUT2D eigenvalue weighted by atomic mass is 10.1. The number of nitrogens with two attached hydrogens (primary N) is 1. The summed E-state index contributed by atoms with van der Waals surface area (Å²) < 4.78 is 1.00. The number of thiocarbonyl (C=S) groups is 1. The SMILES string of the molecule is NC(=S)c1ccc(Br)cc1Nc1ccc2c(c1)CCC2. The van der Waals surface area contributed by atoms with E-state index in [4.69, 9.17) is 18.0 Å². The Bertz CT molecular complexity index is 682. The number of hydrogen-bond donors (Lipinski definition) is 2. The first kappa shape index (κ1) is 13.6. The van der Waals surface area contributed by atoms with Crippen LogP contribution in [-0.2, 0) is 12.8 Å². The van der Waals surface area contributed by atoms with E-state index in [2.05, 4.69) is 39.4 Å². The summed E-state index contributed by atoms with van der Waals surface area (Å²) >= 11 is 8.60. The van der Waals surface area contributed by atoms with Gasteiger partial charge in [0, 0.05) is 21.4 Å². The summed E-state index contributed by atoms with van der Waals surface area (Å²) in [6, 6.07) is 12.4. The van der Waals surface area contributed by atoms with Crippen LogP contribution < -0.4 is 11.1 Å². The molecule has 2 nitrogen and oxygen atoms in total. The molecule has 2 aromatic carbocycles. The fraction of sp³-hybridized carbons (Fsp3) is 0.188. The zero-order valence-corrected chi connectivity index (χ0v) is 13.4. The number of nitrogens with one attached hydrogen (secondary N) is 1. The molecule has 0 aliphatic heterocycles. The van der Waals surface area contributed by atoms with E-state index >= 15 is 0 Å². The van der Waals surface area contributed by atoms with Crippen LogP contribution >= 0.6 is 28.1 Å². The molecule has 0 aromatic heterocycles. The molecule has 0 spiro atoms. The van der Waals surface area contributed by atoms with Crippen molar-refractivity contribution < 1.29 is 0 Å². The highest BCUT2D eigenvalue weighted by molar-refractivity contribution is 9.10. The first-order valence-electron chi connectivity index (χ1n) is 6.61. The Balaban J connectivity index is 1.95. The van der Waals surface area contributed by atoms with Gasteiger partial charge in [-0.15, -0.1) is 0 Å². The average molecular weight is 347 g/mol. The lowest BCUT2D eigenvalue weighted by Gasteiger charge is -2.13. The fourth-order valence-electron chi connectivity index (χ4n) is 2.64. The summed E-state index contributed by atoms with van der Waals surface area (Å²) in [6.07, 6.45) is 3.63. The van der Waals surface area contributed by atoms with E-state index in [0.717, 1.165) is 21.4 Å². The molecule has 2 aromatic rings. The quantitative estimate of drug-likeness (QED) is 0.813. The van der Waals surface area contributed by atoms with E-state index in [1.807, 2.05) is 18.2 Å². The van der Waals surface area contributed by atoms with Gasteiger partial charge in [0.15, 0.2) is 0 Å². The van der Waals surface area contributed by atoms with Crippen LogP contribution in [0.3, 0.4) is 0 Å². The predicted molar refractivity (Wildman–Crippen MR) is 91.8 cm³/mol. The van der Waals surface area contributed by atoms with Crippen LogP contribution in [0.25, 0.3) is 0 Å². The van der Waals surface area contributed by atoms with Gasteiger partial charge in [0.1, 0.15) is 4.99 Å². The van der Waals surface area contributed by atoms with E-state index in [0.29, 0.717) is 4.99 Å². The van der Waals surface area contributed by atoms with Crippen molar-refractivity contribution in [3.63, 3.8) is 0 Å². The lowest BCUT2D eigenvalue weighted by molar-refractivity contribution is 0.912. The van der Waals surface area contributed by atoms with Crippen molar-refractivity contribution in [3.8, 4) is 0 Å². The van der Waals surface area contributed by atoms with Crippen LogP contribution in [0.5, 0.6) is 0 Å². The summed E-state index contributed by atoms with van der Waals surface area (Å²) in [5.41, 5.74) is 11.6. The van der Waals surface area contributed by atoms with Crippen molar-refractivity contribution in [2.75, 3.05) is 5.32 Å². The minimum Gasteiger partial charge on any atom is -0.389 e. The number of halogens is 1. The van der Waals surface area contributed by atoms with Gasteiger partial charge >= 0.3 is 0 Å². The van der Waals surface area contributed by atoms with Crippen LogP contribution in [0.15, 0.2) is 40.9 Å². The number of fused-ring (bicyclic) bond motifs is 1. The molecule has 20 heavy (non-hydrogen) atoms. The molecule has 1 aliphatic carbocycles. The zero-order valence-electron chi connectivity index (χ0n) is 10.9. The van der Waals surface area contributed by atoms with Crippen LogP contribution in [-0.4, -0.2) is 4.99 Å². The van der Waals surface area contributed by atoms with E-state index in [1.165, 1.54) is 30.4 Å². The molecule has 3 N–H and O–H groups in total. The second kappa shape index (κ2) is 5.54. The maximum Gasteiger partial charge on any atom is 0.106 e. The van der Waals surface area contributed by atoms with Crippen LogP contribution in [0.4, 0.5) is 11.4 Å². The number of aryl methyl sites for hydroxylation is 2. The maximum atomic E-state index is 5.78. The summed E-state index contributed by atoms with van der Waals surface area (Å²) in [5, 5.41) is 3.43. The smallest absolute Gasteiger partial charge is 0.106 e. The van der Waals surface area contributed by atoms with Crippen LogP contribution in [0.2, 0.25) is 0 Å². The highest BCUT2D eigenvalue weighted by Crippen LogP contribution is 2.29.